The van der Waals surface area contributed by atoms with E-state index >= 15 is 0 Å². The Balaban J connectivity index is 1.55. The van der Waals surface area contributed by atoms with Crippen molar-refractivity contribution in [2.24, 2.45) is 7.05 Å². The number of nitrogens with zero attached hydrogens (tertiary/aromatic N) is 3. The minimum Gasteiger partial charge on any atom is -0.496 e. The number of hydrogen-bond donors (Lipinski definition) is 1. The molecule has 0 aliphatic rings. The molecule has 0 aliphatic heterocycles. The largest absolute Gasteiger partial charge is 0.496 e. The maximum atomic E-state index is 13.4. The first-order valence-electron chi connectivity index (χ1n) is 11.1. The quantitative estimate of drug-likeness (QED) is 0.275. The summed E-state index contributed by atoms with van der Waals surface area (Å²) in [6.07, 6.45) is -5.89. The van der Waals surface area contributed by atoms with Gasteiger partial charge in [0, 0.05) is 36.0 Å². The lowest BCUT2D eigenvalue weighted by Gasteiger charge is -2.15. The molecule has 39 heavy (non-hydrogen) atoms. The van der Waals surface area contributed by atoms with Gasteiger partial charge < -0.3 is 14.0 Å². The topological polar surface area (TPSA) is 95.3 Å². The lowest BCUT2D eigenvalue weighted by Crippen LogP contribution is -2.21. The van der Waals surface area contributed by atoms with E-state index in [1.54, 1.807) is 0 Å². The van der Waals surface area contributed by atoms with E-state index in [2.05, 4.69) is 15.5 Å². The Morgan fingerprint density at radius 2 is 1.79 bits per heavy atom. The summed E-state index contributed by atoms with van der Waals surface area (Å²) in [5.74, 6) is -0.556. The van der Waals surface area contributed by atoms with Crippen molar-refractivity contribution in [1.29, 1.82) is 0 Å². The Bertz CT molecular complexity index is 1550. The van der Waals surface area contributed by atoms with Crippen molar-refractivity contribution < 1.29 is 36.2 Å². The normalized spacial score (nSPS) is 11.5. The van der Waals surface area contributed by atoms with E-state index in [-0.39, 0.29) is 44.9 Å². The number of rotatable bonds is 8. The van der Waals surface area contributed by atoms with Crippen LogP contribution in [0.1, 0.15) is 33.5 Å². The number of alkyl halides is 5. The molecule has 0 aliphatic carbocycles. The number of benzene rings is 2. The highest BCUT2D eigenvalue weighted by molar-refractivity contribution is 7.17. The second kappa shape index (κ2) is 11.2. The number of amides is 1. The van der Waals surface area contributed by atoms with Crippen LogP contribution in [0.5, 0.6) is 10.9 Å². The third-order valence-electron chi connectivity index (χ3n) is 5.51. The molecule has 4 aromatic rings. The standard InChI is InChI=1S/C25H19F5N4O4S/c1-34-11-18(16-9-14(21(26)27)5-8-19(16)37-2)17(10-20(34)35)22(36)31-23-32-33-24(39-23)38-12-13-3-6-15(7-4-13)25(28,29)30/h3-11,21H,12H2,1-2H3,(H,31,32,36). The molecule has 2 aromatic carbocycles. The number of methoxy groups -OCH3 is 1. The minimum atomic E-state index is -4.45. The molecule has 0 atom stereocenters. The number of hydrogen-bond acceptors (Lipinski definition) is 7. The molecule has 0 saturated heterocycles. The Morgan fingerprint density at radius 1 is 1.08 bits per heavy atom. The van der Waals surface area contributed by atoms with Crippen LogP contribution >= 0.6 is 11.3 Å². The molecule has 204 valence electrons. The molecule has 0 bridgehead atoms. The number of anilines is 1. The summed E-state index contributed by atoms with van der Waals surface area (Å²) in [5, 5.41) is 10.1. The number of nitrogens with one attached hydrogen (secondary N) is 1. The van der Waals surface area contributed by atoms with Crippen LogP contribution in [0.15, 0.2) is 59.5 Å². The van der Waals surface area contributed by atoms with Crippen LogP contribution in [0.3, 0.4) is 0 Å². The molecule has 0 saturated carbocycles. The van der Waals surface area contributed by atoms with Crippen LogP contribution in [-0.2, 0) is 19.8 Å². The second-order valence-electron chi connectivity index (χ2n) is 8.12. The molecule has 0 spiro atoms. The molecule has 1 amide bonds. The molecular weight excluding hydrogens is 547 g/mol. The van der Waals surface area contributed by atoms with Crippen LogP contribution < -0.4 is 20.3 Å². The number of aryl methyl sites for hydroxylation is 1. The van der Waals surface area contributed by atoms with Gasteiger partial charge in [-0.1, -0.05) is 17.2 Å². The first kappa shape index (κ1) is 27.7. The van der Waals surface area contributed by atoms with Crippen molar-refractivity contribution in [2.75, 3.05) is 12.4 Å². The summed E-state index contributed by atoms with van der Waals surface area (Å²) < 4.78 is 76.8. The van der Waals surface area contributed by atoms with Gasteiger partial charge in [0.25, 0.3) is 23.1 Å². The number of ether oxygens (including phenoxy) is 2. The van der Waals surface area contributed by atoms with Crippen molar-refractivity contribution >= 4 is 22.4 Å². The van der Waals surface area contributed by atoms with E-state index in [0.717, 1.165) is 29.5 Å². The molecule has 0 unspecified atom stereocenters. The number of halogens is 5. The Labute approximate surface area is 221 Å². The summed E-state index contributed by atoms with van der Waals surface area (Å²) in [6, 6.07) is 9.16. The summed E-state index contributed by atoms with van der Waals surface area (Å²) in [5.41, 5.74) is -0.943. The molecule has 2 aromatic heterocycles. The number of pyridine rings is 1. The van der Waals surface area contributed by atoms with E-state index in [1.807, 2.05) is 0 Å². The average molecular weight is 567 g/mol. The van der Waals surface area contributed by atoms with E-state index in [9.17, 15) is 31.5 Å². The zero-order valence-corrected chi connectivity index (χ0v) is 21.1. The van der Waals surface area contributed by atoms with Crippen LogP contribution in [0.25, 0.3) is 11.1 Å². The Morgan fingerprint density at radius 3 is 2.44 bits per heavy atom. The van der Waals surface area contributed by atoms with Crippen molar-refractivity contribution in [3.63, 3.8) is 0 Å². The van der Waals surface area contributed by atoms with E-state index in [0.29, 0.717) is 5.56 Å². The Kier molecular flexibility index (Phi) is 7.95. The predicted molar refractivity (Wildman–Crippen MR) is 132 cm³/mol. The first-order chi connectivity index (χ1) is 18.5. The highest BCUT2D eigenvalue weighted by Crippen LogP contribution is 2.36. The van der Waals surface area contributed by atoms with Crippen LogP contribution in [0.2, 0.25) is 0 Å². The van der Waals surface area contributed by atoms with Crippen LogP contribution in [0, 0.1) is 0 Å². The maximum absolute atomic E-state index is 13.4. The van der Waals surface area contributed by atoms with Gasteiger partial charge in [0.2, 0.25) is 5.13 Å². The summed E-state index contributed by atoms with van der Waals surface area (Å²) in [6.45, 7) is -0.0974. The fraction of sp³-hybridized carbons (Fsp3) is 0.200. The number of aromatic nitrogens is 3. The first-order valence-corrected chi connectivity index (χ1v) is 11.9. The zero-order valence-electron chi connectivity index (χ0n) is 20.3. The lowest BCUT2D eigenvalue weighted by molar-refractivity contribution is -0.137. The monoisotopic (exact) mass is 566 g/mol. The van der Waals surface area contributed by atoms with Gasteiger partial charge in [-0.3, -0.25) is 14.9 Å². The molecular formula is C25H19F5N4O4S. The average Bonchev–Trinajstić information content (AvgIpc) is 3.35. The van der Waals surface area contributed by atoms with Crippen LogP contribution in [-0.4, -0.2) is 27.8 Å². The minimum absolute atomic E-state index is 0.00217. The van der Waals surface area contributed by atoms with E-state index < -0.39 is 29.6 Å². The van der Waals surface area contributed by atoms with Gasteiger partial charge in [0.1, 0.15) is 12.4 Å². The molecule has 14 heteroatoms. The van der Waals surface area contributed by atoms with Gasteiger partial charge in [0.05, 0.1) is 18.2 Å². The SMILES string of the molecule is COc1ccc(C(F)F)cc1-c1cn(C)c(=O)cc1C(=O)Nc1nnc(OCc2ccc(C(F)(F)F)cc2)s1. The van der Waals surface area contributed by atoms with Crippen molar-refractivity contribution in [3.05, 3.63) is 87.3 Å². The number of carbonyl (C=O) groups is 1. The molecule has 2 heterocycles. The van der Waals surface area contributed by atoms with Crippen molar-refractivity contribution in [1.82, 2.24) is 14.8 Å². The summed E-state index contributed by atoms with van der Waals surface area (Å²) in [4.78, 5) is 25.5. The van der Waals surface area contributed by atoms with Gasteiger partial charge in [-0.05, 0) is 47.2 Å². The lowest BCUT2D eigenvalue weighted by atomic mass is 9.98. The van der Waals surface area contributed by atoms with Gasteiger partial charge in [-0.25, -0.2) is 8.78 Å². The molecule has 0 fully saturated rings. The molecule has 8 nitrogen and oxygen atoms in total. The second-order valence-corrected chi connectivity index (χ2v) is 9.06. The fourth-order valence-corrected chi connectivity index (χ4v) is 4.11. The van der Waals surface area contributed by atoms with E-state index in [4.69, 9.17) is 9.47 Å². The van der Waals surface area contributed by atoms with Crippen LogP contribution in [0.4, 0.5) is 27.1 Å². The highest BCUT2D eigenvalue weighted by atomic mass is 32.1. The Hall–Kier alpha value is -4.33. The van der Waals surface area contributed by atoms with Crippen molar-refractivity contribution in [3.8, 4) is 22.1 Å². The zero-order chi connectivity index (χ0) is 28.3. The van der Waals surface area contributed by atoms with Gasteiger partial charge in [0.15, 0.2) is 0 Å². The summed E-state index contributed by atoms with van der Waals surface area (Å²) >= 11 is 0.842. The summed E-state index contributed by atoms with van der Waals surface area (Å²) in [7, 11) is 2.79. The molecule has 4 rings (SSSR count). The predicted octanol–water partition coefficient (Wildman–Crippen LogP) is 5.70. The smallest absolute Gasteiger partial charge is 0.416 e. The molecule has 0 radical (unpaired) electrons. The van der Waals surface area contributed by atoms with Gasteiger partial charge in [-0.2, -0.15) is 13.2 Å². The molecule has 1 N–H and O–H groups in total. The van der Waals surface area contributed by atoms with Gasteiger partial charge >= 0.3 is 6.18 Å². The highest BCUT2D eigenvalue weighted by Gasteiger charge is 2.30. The van der Waals surface area contributed by atoms with E-state index in [1.165, 1.54) is 55.3 Å². The van der Waals surface area contributed by atoms with Crippen molar-refractivity contribution in [2.45, 2.75) is 19.2 Å². The number of carbonyl (C=O) groups excluding carboxylic acids is 1. The third-order valence-corrected chi connectivity index (χ3v) is 6.26. The maximum Gasteiger partial charge on any atom is 0.416 e. The fourth-order valence-electron chi connectivity index (χ4n) is 3.52. The third kappa shape index (κ3) is 6.39. The van der Waals surface area contributed by atoms with Gasteiger partial charge in [-0.15, -0.1) is 5.10 Å².